The summed E-state index contributed by atoms with van der Waals surface area (Å²) < 4.78 is 0. The van der Waals surface area contributed by atoms with Gasteiger partial charge >= 0.3 is 0 Å². The van der Waals surface area contributed by atoms with E-state index in [1.54, 1.807) is 18.2 Å². The number of hydrogen-bond donors (Lipinski definition) is 1. The van der Waals surface area contributed by atoms with Crippen LogP contribution in [0.5, 0.6) is 0 Å². The second-order valence-corrected chi connectivity index (χ2v) is 5.42. The van der Waals surface area contributed by atoms with Gasteiger partial charge in [0, 0.05) is 15.6 Å². The molecule has 0 saturated carbocycles. The maximum absolute atomic E-state index is 10.7. The number of aliphatic hydroxyl groups is 1. The lowest BCUT2D eigenvalue weighted by molar-refractivity contribution is 0.222. The summed E-state index contributed by atoms with van der Waals surface area (Å²) in [4.78, 5) is 0. The summed E-state index contributed by atoms with van der Waals surface area (Å²) in [5.41, 5.74) is 1.35. The quantitative estimate of drug-likeness (QED) is 0.687. The fourth-order valence-electron chi connectivity index (χ4n) is 2.42. The normalized spacial score (nSPS) is 12.6. The van der Waals surface area contributed by atoms with E-state index in [-0.39, 0.29) is 0 Å². The van der Waals surface area contributed by atoms with Gasteiger partial charge in [-0.05, 0) is 28.5 Å². The second-order valence-electron chi connectivity index (χ2n) is 4.61. The van der Waals surface area contributed by atoms with Crippen LogP contribution >= 0.6 is 23.2 Å². The first-order valence-corrected chi connectivity index (χ1v) is 7.03. The van der Waals surface area contributed by atoms with Gasteiger partial charge in [0.05, 0.1) is 0 Å². The van der Waals surface area contributed by atoms with Gasteiger partial charge in [-0.3, -0.25) is 0 Å². The Balaban J connectivity index is 2.21. The molecule has 0 saturated heterocycles. The highest BCUT2D eigenvalue weighted by molar-refractivity contribution is 6.36. The third-order valence-electron chi connectivity index (χ3n) is 3.39. The third-order valence-corrected chi connectivity index (χ3v) is 4.05. The molecule has 0 aromatic heterocycles. The summed E-state index contributed by atoms with van der Waals surface area (Å²) >= 11 is 12.4. The molecule has 0 fully saturated rings. The van der Waals surface area contributed by atoms with Gasteiger partial charge in [-0.1, -0.05) is 71.7 Å². The SMILES string of the molecule is OC(c1c(Cl)cccc1Cl)c1cccc2ccccc12. The summed E-state index contributed by atoms with van der Waals surface area (Å²) in [7, 11) is 0. The van der Waals surface area contributed by atoms with E-state index in [1.165, 1.54) is 0 Å². The van der Waals surface area contributed by atoms with Crippen LogP contribution in [0, 0.1) is 0 Å². The highest BCUT2D eigenvalue weighted by atomic mass is 35.5. The van der Waals surface area contributed by atoms with Crippen molar-refractivity contribution in [2.75, 3.05) is 0 Å². The number of rotatable bonds is 2. The summed E-state index contributed by atoms with van der Waals surface area (Å²) in [5, 5.41) is 13.7. The third kappa shape index (κ3) is 2.29. The average molecular weight is 303 g/mol. The van der Waals surface area contributed by atoms with E-state index in [2.05, 4.69) is 0 Å². The van der Waals surface area contributed by atoms with Crippen molar-refractivity contribution >= 4 is 34.0 Å². The molecule has 100 valence electrons. The Morgan fingerprint density at radius 3 is 2.10 bits per heavy atom. The second kappa shape index (κ2) is 5.45. The number of benzene rings is 3. The number of aliphatic hydroxyl groups excluding tert-OH is 1. The van der Waals surface area contributed by atoms with Crippen LogP contribution in [-0.2, 0) is 0 Å². The first-order chi connectivity index (χ1) is 9.68. The molecule has 1 nitrogen and oxygen atoms in total. The van der Waals surface area contributed by atoms with Crippen molar-refractivity contribution in [3.8, 4) is 0 Å². The van der Waals surface area contributed by atoms with Gasteiger partial charge in [-0.25, -0.2) is 0 Å². The summed E-state index contributed by atoms with van der Waals surface area (Å²) in [6, 6.07) is 19.0. The molecule has 0 aliphatic carbocycles. The van der Waals surface area contributed by atoms with Gasteiger partial charge < -0.3 is 5.11 Å². The molecule has 20 heavy (non-hydrogen) atoms. The van der Waals surface area contributed by atoms with Crippen molar-refractivity contribution in [3.05, 3.63) is 81.8 Å². The maximum atomic E-state index is 10.7. The molecule has 1 atom stereocenters. The van der Waals surface area contributed by atoms with Crippen molar-refractivity contribution < 1.29 is 5.11 Å². The Hall–Kier alpha value is -1.54. The van der Waals surface area contributed by atoms with Crippen LogP contribution in [0.1, 0.15) is 17.2 Å². The fraction of sp³-hybridized carbons (Fsp3) is 0.0588. The molecule has 0 amide bonds. The number of hydrogen-bond acceptors (Lipinski definition) is 1. The molecule has 1 unspecified atom stereocenters. The molecule has 3 heteroatoms. The molecule has 0 aliphatic rings. The van der Waals surface area contributed by atoms with E-state index >= 15 is 0 Å². The first-order valence-electron chi connectivity index (χ1n) is 6.28. The van der Waals surface area contributed by atoms with E-state index in [9.17, 15) is 5.11 Å². The predicted molar refractivity (Wildman–Crippen MR) is 84.5 cm³/mol. The molecule has 0 spiro atoms. The van der Waals surface area contributed by atoms with Crippen LogP contribution in [0.3, 0.4) is 0 Å². The van der Waals surface area contributed by atoms with Crippen LogP contribution in [0.15, 0.2) is 60.7 Å². The molecule has 0 bridgehead atoms. The van der Waals surface area contributed by atoms with Crippen LogP contribution in [0.4, 0.5) is 0 Å². The standard InChI is InChI=1S/C17H12Cl2O/c18-14-9-4-10-15(19)16(14)17(20)13-8-3-6-11-5-1-2-7-12(11)13/h1-10,17,20H. The Kier molecular flexibility index (Phi) is 3.66. The van der Waals surface area contributed by atoms with Crippen molar-refractivity contribution in [1.82, 2.24) is 0 Å². The molecule has 1 N–H and O–H groups in total. The van der Waals surface area contributed by atoms with E-state index in [0.717, 1.165) is 16.3 Å². The van der Waals surface area contributed by atoms with Crippen LogP contribution in [-0.4, -0.2) is 5.11 Å². The predicted octanol–water partition coefficient (Wildman–Crippen LogP) is 5.23. The lowest BCUT2D eigenvalue weighted by Crippen LogP contribution is -2.02. The topological polar surface area (TPSA) is 20.2 Å². The molecule has 3 aromatic rings. The number of fused-ring (bicyclic) bond motifs is 1. The van der Waals surface area contributed by atoms with Crippen molar-refractivity contribution in [2.45, 2.75) is 6.10 Å². The lowest BCUT2D eigenvalue weighted by atomic mass is 9.96. The summed E-state index contributed by atoms with van der Waals surface area (Å²) in [6.45, 7) is 0. The molecule has 0 radical (unpaired) electrons. The molecule has 0 heterocycles. The zero-order valence-electron chi connectivity index (χ0n) is 10.6. The molecular formula is C17H12Cl2O. The molecule has 3 aromatic carbocycles. The number of halogens is 2. The van der Waals surface area contributed by atoms with E-state index in [4.69, 9.17) is 23.2 Å². The monoisotopic (exact) mass is 302 g/mol. The summed E-state index contributed by atoms with van der Waals surface area (Å²) in [5.74, 6) is 0. The average Bonchev–Trinajstić information content (AvgIpc) is 2.46. The summed E-state index contributed by atoms with van der Waals surface area (Å²) in [6.07, 6.45) is -0.845. The van der Waals surface area contributed by atoms with Gasteiger partial charge in [0.1, 0.15) is 6.10 Å². The molecular weight excluding hydrogens is 291 g/mol. The van der Waals surface area contributed by atoms with Gasteiger partial charge in [0.25, 0.3) is 0 Å². The Labute approximate surface area is 127 Å². The Bertz CT molecular complexity index is 742. The first kappa shape index (κ1) is 13.4. The van der Waals surface area contributed by atoms with Gasteiger partial charge in [0.2, 0.25) is 0 Å². The lowest BCUT2D eigenvalue weighted by Gasteiger charge is -2.17. The highest BCUT2D eigenvalue weighted by Crippen LogP contribution is 2.36. The Morgan fingerprint density at radius 1 is 0.750 bits per heavy atom. The minimum absolute atomic E-state index is 0.470. The highest BCUT2D eigenvalue weighted by Gasteiger charge is 2.19. The largest absolute Gasteiger partial charge is 0.384 e. The van der Waals surface area contributed by atoms with E-state index in [0.29, 0.717) is 15.6 Å². The van der Waals surface area contributed by atoms with Crippen LogP contribution in [0.25, 0.3) is 10.8 Å². The zero-order chi connectivity index (χ0) is 14.1. The smallest absolute Gasteiger partial charge is 0.108 e. The van der Waals surface area contributed by atoms with Gasteiger partial charge in [-0.2, -0.15) is 0 Å². The Morgan fingerprint density at radius 2 is 1.35 bits per heavy atom. The van der Waals surface area contributed by atoms with Gasteiger partial charge in [-0.15, -0.1) is 0 Å². The van der Waals surface area contributed by atoms with Crippen LogP contribution in [0.2, 0.25) is 10.0 Å². The van der Waals surface area contributed by atoms with E-state index < -0.39 is 6.10 Å². The minimum atomic E-state index is -0.845. The van der Waals surface area contributed by atoms with Crippen molar-refractivity contribution in [1.29, 1.82) is 0 Å². The van der Waals surface area contributed by atoms with E-state index in [1.807, 2.05) is 42.5 Å². The zero-order valence-corrected chi connectivity index (χ0v) is 12.1. The van der Waals surface area contributed by atoms with Crippen LogP contribution < -0.4 is 0 Å². The van der Waals surface area contributed by atoms with Crippen molar-refractivity contribution in [2.24, 2.45) is 0 Å². The fourth-order valence-corrected chi connectivity index (χ4v) is 3.02. The molecule has 0 aliphatic heterocycles. The minimum Gasteiger partial charge on any atom is -0.384 e. The molecule has 3 rings (SSSR count). The van der Waals surface area contributed by atoms with Gasteiger partial charge in [0.15, 0.2) is 0 Å². The van der Waals surface area contributed by atoms with Crippen molar-refractivity contribution in [3.63, 3.8) is 0 Å². The maximum Gasteiger partial charge on any atom is 0.108 e.